The molecule has 0 amide bonds. The molecular weight excluding hydrogens is 264 g/mol. The maximum Gasteiger partial charge on any atom is 0.162 e. The van der Waals surface area contributed by atoms with Crippen molar-refractivity contribution in [2.45, 2.75) is 45.2 Å². The average molecular weight is 287 g/mol. The van der Waals surface area contributed by atoms with Crippen LogP contribution >= 0.6 is 0 Å². The largest absolute Gasteiger partial charge is 0.493 e. The van der Waals surface area contributed by atoms with Gasteiger partial charge in [-0.25, -0.2) is 8.78 Å². The van der Waals surface area contributed by atoms with Gasteiger partial charge >= 0.3 is 0 Å². The van der Waals surface area contributed by atoms with Crippen LogP contribution in [0.15, 0.2) is 18.2 Å². The lowest BCUT2D eigenvalue weighted by atomic mass is 9.96. The minimum absolute atomic E-state index is 0.0381. The number of aliphatic hydroxyl groups is 1. The summed E-state index contributed by atoms with van der Waals surface area (Å²) in [5.41, 5.74) is -0.356. The van der Waals surface area contributed by atoms with Crippen molar-refractivity contribution >= 4 is 0 Å². The standard InChI is InChI=1S/C15H23F2NO2/c1-11(2)18-15(3,10-19)7-4-8-20-12-5-6-13(16)14(17)9-12/h5-6,9,11,18-19H,4,7-8,10H2,1-3H3. The molecule has 0 saturated heterocycles. The van der Waals surface area contributed by atoms with Crippen LogP contribution in [-0.4, -0.2) is 29.9 Å². The number of hydrogen-bond donors (Lipinski definition) is 2. The first kappa shape index (κ1) is 16.9. The van der Waals surface area contributed by atoms with Crippen LogP contribution in [-0.2, 0) is 0 Å². The SMILES string of the molecule is CC(C)NC(C)(CO)CCCOc1ccc(F)c(F)c1. The van der Waals surface area contributed by atoms with E-state index >= 15 is 0 Å². The van der Waals surface area contributed by atoms with Gasteiger partial charge in [0.1, 0.15) is 5.75 Å². The van der Waals surface area contributed by atoms with E-state index in [1.165, 1.54) is 6.07 Å². The lowest BCUT2D eigenvalue weighted by molar-refractivity contribution is 0.147. The van der Waals surface area contributed by atoms with Crippen molar-refractivity contribution in [2.24, 2.45) is 0 Å². The fraction of sp³-hybridized carbons (Fsp3) is 0.600. The second kappa shape index (κ2) is 7.55. The molecule has 20 heavy (non-hydrogen) atoms. The molecule has 0 aliphatic carbocycles. The molecule has 1 aromatic carbocycles. The summed E-state index contributed by atoms with van der Waals surface area (Å²) in [6, 6.07) is 3.76. The zero-order valence-electron chi connectivity index (χ0n) is 12.2. The minimum Gasteiger partial charge on any atom is -0.493 e. The highest BCUT2D eigenvalue weighted by molar-refractivity contribution is 5.23. The molecule has 0 saturated carbocycles. The van der Waals surface area contributed by atoms with Gasteiger partial charge in [0.15, 0.2) is 11.6 Å². The number of nitrogens with one attached hydrogen (secondary N) is 1. The second-order valence-corrected chi connectivity index (χ2v) is 5.55. The minimum atomic E-state index is -0.913. The Morgan fingerprint density at radius 2 is 2.00 bits per heavy atom. The van der Waals surface area contributed by atoms with Crippen LogP contribution in [0.25, 0.3) is 0 Å². The van der Waals surface area contributed by atoms with E-state index in [1.54, 1.807) is 0 Å². The summed E-state index contributed by atoms with van der Waals surface area (Å²) in [5.74, 6) is -1.48. The molecule has 3 nitrogen and oxygen atoms in total. The molecule has 1 rings (SSSR count). The van der Waals surface area contributed by atoms with Crippen LogP contribution in [0.3, 0.4) is 0 Å². The Morgan fingerprint density at radius 3 is 2.55 bits per heavy atom. The van der Waals surface area contributed by atoms with Crippen LogP contribution in [0.4, 0.5) is 8.78 Å². The van der Waals surface area contributed by atoms with Crippen molar-refractivity contribution < 1.29 is 18.6 Å². The summed E-state index contributed by atoms with van der Waals surface area (Å²) in [5, 5.41) is 12.7. The highest BCUT2D eigenvalue weighted by Gasteiger charge is 2.23. The van der Waals surface area contributed by atoms with Crippen LogP contribution in [0.1, 0.15) is 33.6 Å². The van der Waals surface area contributed by atoms with Crippen LogP contribution < -0.4 is 10.1 Å². The number of halogens is 2. The molecule has 2 N–H and O–H groups in total. The Morgan fingerprint density at radius 1 is 1.30 bits per heavy atom. The number of hydrogen-bond acceptors (Lipinski definition) is 3. The molecule has 0 aromatic heterocycles. The predicted molar refractivity (Wildman–Crippen MR) is 74.8 cm³/mol. The van der Waals surface area contributed by atoms with E-state index in [2.05, 4.69) is 5.32 Å². The van der Waals surface area contributed by atoms with Gasteiger partial charge in [-0.3, -0.25) is 0 Å². The second-order valence-electron chi connectivity index (χ2n) is 5.55. The molecule has 0 heterocycles. The van der Waals surface area contributed by atoms with E-state index in [0.717, 1.165) is 18.6 Å². The Kier molecular flexibility index (Phi) is 6.36. The Bertz CT molecular complexity index is 426. The van der Waals surface area contributed by atoms with Crippen LogP contribution in [0.2, 0.25) is 0 Å². The molecule has 5 heteroatoms. The normalized spacial score (nSPS) is 14.3. The lowest BCUT2D eigenvalue weighted by Crippen LogP contribution is -2.49. The zero-order chi connectivity index (χ0) is 15.2. The van der Waals surface area contributed by atoms with Gasteiger partial charge in [-0.1, -0.05) is 13.8 Å². The zero-order valence-corrected chi connectivity index (χ0v) is 12.2. The quantitative estimate of drug-likeness (QED) is 0.722. The summed E-state index contributed by atoms with van der Waals surface area (Å²) in [6.45, 7) is 6.42. The Labute approximate surface area is 119 Å². The molecule has 0 radical (unpaired) electrons. The van der Waals surface area contributed by atoms with Crippen molar-refractivity contribution in [3.05, 3.63) is 29.8 Å². The number of aliphatic hydroxyl groups excluding tert-OH is 1. The van der Waals surface area contributed by atoms with Gasteiger partial charge in [0, 0.05) is 17.6 Å². The molecular formula is C15H23F2NO2. The van der Waals surface area contributed by atoms with Crippen LogP contribution in [0, 0.1) is 11.6 Å². The van der Waals surface area contributed by atoms with Crippen molar-refractivity contribution in [1.29, 1.82) is 0 Å². The molecule has 0 spiro atoms. The summed E-state index contributed by atoms with van der Waals surface area (Å²) in [6.07, 6.45) is 1.43. The molecule has 0 bridgehead atoms. The van der Waals surface area contributed by atoms with Crippen molar-refractivity contribution in [3.63, 3.8) is 0 Å². The molecule has 1 unspecified atom stereocenters. The topological polar surface area (TPSA) is 41.5 Å². The number of ether oxygens (including phenoxy) is 1. The Hall–Kier alpha value is -1.20. The highest BCUT2D eigenvalue weighted by atomic mass is 19.2. The monoisotopic (exact) mass is 287 g/mol. The smallest absolute Gasteiger partial charge is 0.162 e. The van der Waals surface area contributed by atoms with Gasteiger partial charge in [-0.2, -0.15) is 0 Å². The van der Waals surface area contributed by atoms with E-state index < -0.39 is 11.6 Å². The molecule has 0 aliphatic heterocycles. The van der Waals surface area contributed by atoms with E-state index in [1.807, 2.05) is 20.8 Å². The third-order valence-electron chi connectivity index (χ3n) is 3.02. The summed E-state index contributed by atoms with van der Waals surface area (Å²) >= 11 is 0. The maximum absolute atomic E-state index is 13.0. The van der Waals surface area contributed by atoms with Crippen LogP contribution in [0.5, 0.6) is 5.75 Å². The number of rotatable bonds is 8. The fourth-order valence-electron chi connectivity index (χ4n) is 2.11. The first-order chi connectivity index (χ1) is 9.36. The lowest BCUT2D eigenvalue weighted by Gasteiger charge is -2.31. The molecule has 1 atom stereocenters. The van der Waals surface area contributed by atoms with Crippen molar-refractivity contribution in [1.82, 2.24) is 5.32 Å². The van der Waals surface area contributed by atoms with Gasteiger partial charge in [0.25, 0.3) is 0 Å². The highest BCUT2D eigenvalue weighted by Crippen LogP contribution is 2.17. The van der Waals surface area contributed by atoms with Crippen molar-refractivity contribution in [2.75, 3.05) is 13.2 Å². The van der Waals surface area contributed by atoms with Gasteiger partial charge < -0.3 is 15.2 Å². The van der Waals surface area contributed by atoms with Gasteiger partial charge in [0.05, 0.1) is 13.2 Å². The van der Waals surface area contributed by atoms with E-state index in [4.69, 9.17) is 4.74 Å². The molecule has 0 aliphatic rings. The van der Waals surface area contributed by atoms with E-state index in [0.29, 0.717) is 18.8 Å². The van der Waals surface area contributed by atoms with Gasteiger partial charge in [0.2, 0.25) is 0 Å². The summed E-state index contributed by atoms with van der Waals surface area (Å²) in [4.78, 5) is 0. The molecule has 1 aromatic rings. The van der Waals surface area contributed by atoms with Gasteiger partial charge in [-0.15, -0.1) is 0 Å². The first-order valence-electron chi connectivity index (χ1n) is 6.83. The summed E-state index contributed by atoms with van der Waals surface area (Å²) < 4.78 is 31.1. The predicted octanol–water partition coefficient (Wildman–Crippen LogP) is 2.87. The van der Waals surface area contributed by atoms with Crippen molar-refractivity contribution in [3.8, 4) is 5.75 Å². The fourth-order valence-corrected chi connectivity index (χ4v) is 2.11. The van der Waals surface area contributed by atoms with E-state index in [-0.39, 0.29) is 18.2 Å². The molecule has 114 valence electrons. The average Bonchev–Trinajstić information content (AvgIpc) is 2.38. The number of benzene rings is 1. The maximum atomic E-state index is 13.0. The van der Waals surface area contributed by atoms with Gasteiger partial charge in [-0.05, 0) is 31.9 Å². The third-order valence-corrected chi connectivity index (χ3v) is 3.02. The third kappa shape index (κ3) is 5.43. The Balaban J connectivity index is 2.38. The van der Waals surface area contributed by atoms with E-state index in [9.17, 15) is 13.9 Å². The molecule has 0 fully saturated rings. The summed E-state index contributed by atoms with van der Waals surface area (Å²) in [7, 11) is 0. The first-order valence-corrected chi connectivity index (χ1v) is 6.83.